The Balaban J connectivity index is 2.80. The quantitative estimate of drug-likeness (QED) is 0.585. The molecule has 124 valence electrons. The zero-order valence-electron chi connectivity index (χ0n) is 13.5. The van der Waals surface area contributed by atoms with Gasteiger partial charge in [0.15, 0.2) is 0 Å². The van der Waals surface area contributed by atoms with Gasteiger partial charge in [-0.05, 0) is 32.4 Å². The maximum absolute atomic E-state index is 11.8. The average molecular weight is 330 g/mol. The summed E-state index contributed by atoms with van der Waals surface area (Å²) in [5.41, 5.74) is 0.880. The van der Waals surface area contributed by atoms with Crippen LogP contribution in [-0.4, -0.2) is 38.7 Å². The molecule has 0 aromatic heterocycles. The standard InChI is InChI=1S/C16H24ClNO4/c1-11(2)18-16(19)22-12(3)14(9-21-10-20-4)13-7-5-6-8-15(13)17/h5-8,11-12,14H,9-10H2,1-4H3,(H,18,19)/t12-,14?/m1/s1. The molecule has 0 aliphatic heterocycles. The van der Waals surface area contributed by atoms with Crippen molar-refractivity contribution in [1.29, 1.82) is 0 Å². The zero-order valence-corrected chi connectivity index (χ0v) is 14.2. The van der Waals surface area contributed by atoms with Gasteiger partial charge in [0.25, 0.3) is 0 Å². The third-order valence-electron chi connectivity index (χ3n) is 3.07. The molecule has 0 bridgehead atoms. The van der Waals surface area contributed by atoms with Crippen molar-refractivity contribution in [2.45, 2.75) is 38.8 Å². The van der Waals surface area contributed by atoms with Crippen LogP contribution in [0.2, 0.25) is 5.02 Å². The van der Waals surface area contributed by atoms with Gasteiger partial charge >= 0.3 is 6.09 Å². The van der Waals surface area contributed by atoms with E-state index in [2.05, 4.69) is 5.32 Å². The molecule has 1 aromatic rings. The second-order valence-corrected chi connectivity index (χ2v) is 5.72. The number of carbonyl (C=O) groups is 1. The highest BCUT2D eigenvalue weighted by Gasteiger charge is 2.25. The predicted octanol–water partition coefficient (Wildman–Crippen LogP) is 3.57. The smallest absolute Gasteiger partial charge is 0.407 e. The van der Waals surface area contributed by atoms with Crippen molar-refractivity contribution in [3.05, 3.63) is 34.9 Å². The molecule has 2 atom stereocenters. The third kappa shape index (κ3) is 6.22. The van der Waals surface area contributed by atoms with Crippen LogP contribution in [0, 0.1) is 0 Å². The van der Waals surface area contributed by atoms with Crippen LogP contribution in [-0.2, 0) is 14.2 Å². The molecule has 1 aromatic carbocycles. The molecule has 22 heavy (non-hydrogen) atoms. The lowest BCUT2D eigenvalue weighted by Gasteiger charge is -2.25. The summed E-state index contributed by atoms with van der Waals surface area (Å²) in [7, 11) is 1.56. The van der Waals surface area contributed by atoms with Gasteiger partial charge in [0.1, 0.15) is 12.9 Å². The normalized spacial score (nSPS) is 13.7. The van der Waals surface area contributed by atoms with E-state index in [1.807, 2.05) is 39.0 Å². The van der Waals surface area contributed by atoms with Crippen molar-refractivity contribution in [2.75, 3.05) is 20.5 Å². The fourth-order valence-corrected chi connectivity index (χ4v) is 2.31. The van der Waals surface area contributed by atoms with Crippen molar-refractivity contribution in [2.24, 2.45) is 0 Å². The monoisotopic (exact) mass is 329 g/mol. The highest BCUT2D eigenvalue weighted by Crippen LogP contribution is 2.29. The number of benzene rings is 1. The molecule has 0 saturated carbocycles. The molecule has 5 nitrogen and oxygen atoms in total. The minimum absolute atomic E-state index is 0.0169. The van der Waals surface area contributed by atoms with Crippen LogP contribution in [0.3, 0.4) is 0 Å². The number of halogens is 1. The first kappa shape index (κ1) is 18.7. The van der Waals surface area contributed by atoms with Gasteiger partial charge < -0.3 is 19.5 Å². The molecule has 0 aliphatic carbocycles. The molecule has 0 spiro atoms. The molecule has 1 rings (SSSR count). The number of rotatable bonds is 8. The highest BCUT2D eigenvalue weighted by molar-refractivity contribution is 6.31. The van der Waals surface area contributed by atoms with Gasteiger partial charge in [0.05, 0.1) is 6.61 Å². The van der Waals surface area contributed by atoms with Crippen LogP contribution in [0.5, 0.6) is 0 Å². The maximum Gasteiger partial charge on any atom is 0.407 e. The van der Waals surface area contributed by atoms with Gasteiger partial charge in [-0.25, -0.2) is 4.79 Å². The van der Waals surface area contributed by atoms with E-state index in [1.54, 1.807) is 13.2 Å². The Bertz CT molecular complexity index is 467. The summed E-state index contributed by atoms with van der Waals surface area (Å²) in [6.45, 7) is 6.09. The Kier molecular flexibility index (Phi) is 8.24. The van der Waals surface area contributed by atoms with Gasteiger partial charge in [-0.3, -0.25) is 0 Å². The zero-order chi connectivity index (χ0) is 16.5. The Hall–Kier alpha value is -1.30. The van der Waals surface area contributed by atoms with Gasteiger partial charge in [-0.2, -0.15) is 0 Å². The van der Waals surface area contributed by atoms with E-state index in [0.29, 0.717) is 11.6 Å². The van der Waals surface area contributed by atoms with Crippen LogP contribution in [0.1, 0.15) is 32.3 Å². The summed E-state index contributed by atoms with van der Waals surface area (Å²) >= 11 is 6.25. The van der Waals surface area contributed by atoms with Crippen molar-refractivity contribution >= 4 is 17.7 Å². The summed E-state index contributed by atoms with van der Waals surface area (Å²) in [5, 5.41) is 3.32. The third-order valence-corrected chi connectivity index (χ3v) is 3.41. The van der Waals surface area contributed by atoms with Crippen molar-refractivity contribution in [3.8, 4) is 0 Å². The van der Waals surface area contributed by atoms with Gasteiger partial charge in [0.2, 0.25) is 0 Å². The van der Waals surface area contributed by atoms with Crippen molar-refractivity contribution in [3.63, 3.8) is 0 Å². The topological polar surface area (TPSA) is 56.8 Å². The Morgan fingerprint density at radius 1 is 1.27 bits per heavy atom. The van der Waals surface area contributed by atoms with Crippen molar-refractivity contribution < 1.29 is 19.0 Å². The molecule has 0 radical (unpaired) electrons. The van der Waals surface area contributed by atoms with Crippen LogP contribution in [0.15, 0.2) is 24.3 Å². The van der Waals surface area contributed by atoms with E-state index in [-0.39, 0.29) is 18.8 Å². The molecular weight excluding hydrogens is 306 g/mol. The Morgan fingerprint density at radius 2 is 1.95 bits per heavy atom. The molecule has 0 saturated heterocycles. The number of alkyl carbamates (subject to hydrolysis) is 1. The van der Waals surface area contributed by atoms with Crippen LogP contribution < -0.4 is 5.32 Å². The molecular formula is C16H24ClNO4. The lowest BCUT2D eigenvalue weighted by Crippen LogP contribution is -2.35. The number of hydrogen-bond acceptors (Lipinski definition) is 4. The molecule has 0 aliphatic rings. The van der Waals surface area contributed by atoms with Gasteiger partial charge in [0, 0.05) is 24.1 Å². The lowest BCUT2D eigenvalue weighted by atomic mass is 9.95. The first-order chi connectivity index (χ1) is 10.5. The number of hydrogen-bond donors (Lipinski definition) is 1. The fraction of sp³-hybridized carbons (Fsp3) is 0.562. The second-order valence-electron chi connectivity index (χ2n) is 5.31. The fourth-order valence-electron chi connectivity index (χ4n) is 2.03. The number of methoxy groups -OCH3 is 1. The molecule has 0 fully saturated rings. The number of carbonyl (C=O) groups excluding carboxylic acids is 1. The SMILES string of the molecule is COCOCC(c1ccccc1Cl)[C@@H](C)OC(=O)NC(C)C. The van der Waals surface area contributed by atoms with E-state index >= 15 is 0 Å². The lowest BCUT2D eigenvalue weighted by molar-refractivity contribution is -0.0470. The molecule has 6 heteroatoms. The first-order valence-electron chi connectivity index (χ1n) is 7.24. The second kappa shape index (κ2) is 9.66. The largest absolute Gasteiger partial charge is 0.446 e. The predicted molar refractivity (Wildman–Crippen MR) is 86.2 cm³/mol. The maximum atomic E-state index is 11.8. The first-order valence-corrected chi connectivity index (χ1v) is 7.61. The van der Waals surface area contributed by atoms with Crippen LogP contribution in [0.4, 0.5) is 4.79 Å². The van der Waals surface area contributed by atoms with E-state index < -0.39 is 12.2 Å². The minimum Gasteiger partial charge on any atom is -0.446 e. The number of ether oxygens (including phenoxy) is 3. The Labute approximate surface area is 136 Å². The summed E-state index contributed by atoms with van der Waals surface area (Å²) in [6.07, 6.45) is -0.846. The number of amides is 1. The summed E-state index contributed by atoms with van der Waals surface area (Å²) in [4.78, 5) is 11.8. The molecule has 1 amide bonds. The van der Waals surface area contributed by atoms with Crippen LogP contribution >= 0.6 is 11.6 Å². The van der Waals surface area contributed by atoms with Gasteiger partial charge in [-0.15, -0.1) is 0 Å². The van der Waals surface area contributed by atoms with E-state index in [0.717, 1.165) is 5.56 Å². The average Bonchev–Trinajstić information content (AvgIpc) is 2.43. The van der Waals surface area contributed by atoms with E-state index in [4.69, 9.17) is 25.8 Å². The minimum atomic E-state index is -0.453. The summed E-state index contributed by atoms with van der Waals surface area (Å²) < 4.78 is 15.8. The van der Waals surface area contributed by atoms with Crippen molar-refractivity contribution in [1.82, 2.24) is 5.32 Å². The van der Waals surface area contributed by atoms with Crippen LogP contribution in [0.25, 0.3) is 0 Å². The Morgan fingerprint density at radius 3 is 2.55 bits per heavy atom. The summed E-state index contributed by atoms with van der Waals surface area (Å²) in [5.74, 6) is -0.179. The van der Waals surface area contributed by atoms with E-state index in [9.17, 15) is 4.79 Å². The van der Waals surface area contributed by atoms with E-state index in [1.165, 1.54) is 0 Å². The number of nitrogens with one attached hydrogen (secondary N) is 1. The molecule has 1 unspecified atom stereocenters. The summed E-state index contributed by atoms with van der Waals surface area (Å²) in [6, 6.07) is 7.48. The van der Waals surface area contributed by atoms with Gasteiger partial charge in [-0.1, -0.05) is 29.8 Å². The molecule has 0 heterocycles. The highest BCUT2D eigenvalue weighted by atomic mass is 35.5. The molecule has 1 N–H and O–H groups in total.